The highest BCUT2D eigenvalue weighted by Crippen LogP contribution is 2.36. The number of aliphatic hydroxyl groups excluding tert-OH is 1. The first-order valence-electron chi connectivity index (χ1n) is 9.90. The second-order valence-electron chi connectivity index (χ2n) is 8.81. The van der Waals surface area contributed by atoms with E-state index in [0.29, 0.717) is 16.9 Å². The van der Waals surface area contributed by atoms with Gasteiger partial charge in [0.15, 0.2) is 9.84 Å². The minimum atomic E-state index is -3.38. The van der Waals surface area contributed by atoms with E-state index >= 15 is 0 Å². The maximum absolute atomic E-state index is 12.6. The van der Waals surface area contributed by atoms with Crippen molar-refractivity contribution in [3.63, 3.8) is 0 Å². The number of benzene rings is 1. The Balaban J connectivity index is 1.62. The fraction of sp³-hybridized carbons (Fsp3) is 0.524. The standard InChI is InChI=1S/C21H25NO7S/c1-11-13-6-12-4-5-21(2,3)29-17(12)8-18(13)28-20(25)14(11)7-19(24)22-15-9-30(26,27)10-16(15)23/h6,8,15-16,23H,4-5,7,9-10H2,1-3H3,(H,22,24)/t15-,16+/m0/s1. The predicted octanol–water partition coefficient (Wildman–Crippen LogP) is 1.02. The molecule has 8 nitrogen and oxygen atoms in total. The molecule has 1 saturated heterocycles. The molecule has 0 spiro atoms. The number of amides is 1. The lowest BCUT2D eigenvalue weighted by molar-refractivity contribution is -0.121. The molecule has 2 N–H and O–H groups in total. The van der Waals surface area contributed by atoms with E-state index in [1.165, 1.54) is 0 Å². The van der Waals surface area contributed by atoms with Crippen molar-refractivity contribution >= 4 is 26.7 Å². The molecule has 1 fully saturated rings. The quantitative estimate of drug-likeness (QED) is 0.690. The molecular formula is C21H25NO7S. The van der Waals surface area contributed by atoms with E-state index in [1.54, 1.807) is 13.0 Å². The van der Waals surface area contributed by atoms with Gasteiger partial charge in [-0.1, -0.05) is 0 Å². The summed E-state index contributed by atoms with van der Waals surface area (Å²) in [5.74, 6) is -0.524. The van der Waals surface area contributed by atoms with Crippen molar-refractivity contribution in [1.29, 1.82) is 0 Å². The van der Waals surface area contributed by atoms with Crippen LogP contribution in [0.1, 0.15) is 37.0 Å². The van der Waals surface area contributed by atoms with Gasteiger partial charge >= 0.3 is 5.63 Å². The summed E-state index contributed by atoms with van der Waals surface area (Å²) in [6, 6.07) is 2.79. The highest BCUT2D eigenvalue weighted by molar-refractivity contribution is 7.91. The van der Waals surface area contributed by atoms with Gasteiger partial charge in [0, 0.05) is 11.5 Å². The zero-order chi connectivity index (χ0) is 21.8. The van der Waals surface area contributed by atoms with E-state index in [1.807, 2.05) is 19.9 Å². The first-order chi connectivity index (χ1) is 13.9. The molecule has 3 heterocycles. The van der Waals surface area contributed by atoms with Crippen LogP contribution in [0.3, 0.4) is 0 Å². The summed E-state index contributed by atoms with van der Waals surface area (Å²) < 4.78 is 34.7. The maximum atomic E-state index is 12.6. The molecule has 0 bridgehead atoms. The molecular weight excluding hydrogens is 410 g/mol. The summed E-state index contributed by atoms with van der Waals surface area (Å²) in [6.45, 7) is 5.78. The van der Waals surface area contributed by atoms with E-state index in [-0.39, 0.29) is 29.1 Å². The molecule has 2 atom stereocenters. The molecule has 1 aromatic heterocycles. The summed E-state index contributed by atoms with van der Waals surface area (Å²) in [5, 5.41) is 13.1. The summed E-state index contributed by atoms with van der Waals surface area (Å²) in [4.78, 5) is 25.0. The number of aryl methyl sites for hydroxylation is 2. The van der Waals surface area contributed by atoms with Crippen molar-refractivity contribution in [1.82, 2.24) is 5.32 Å². The number of hydrogen-bond donors (Lipinski definition) is 2. The predicted molar refractivity (Wildman–Crippen MR) is 111 cm³/mol. The van der Waals surface area contributed by atoms with Gasteiger partial charge in [0.25, 0.3) is 0 Å². The van der Waals surface area contributed by atoms with Gasteiger partial charge in [-0.2, -0.15) is 0 Å². The van der Waals surface area contributed by atoms with E-state index in [2.05, 4.69) is 5.32 Å². The number of aliphatic hydroxyl groups is 1. The molecule has 30 heavy (non-hydrogen) atoms. The van der Waals surface area contributed by atoms with Gasteiger partial charge in [0.2, 0.25) is 5.91 Å². The molecule has 0 saturated carbocycles. The largest absolute Gasteiger partial charge is 0.487 e. The van der Waals surface area contributed by atoms with Crippen LogP contribution in [0.4, 0.5) is 0 Å². The SMILES string of the molecule is Cc1c(CC(=O)N[C@H]2CS(=O)(=O)C[C@H]2O)c(=O)oc2cc3c(cc12)CCC(C)(C)O3. The Morgan fingerprint density at radius 2 is 2.03 bits per heavy atom. The number of rotatable bonds is 3. The van der Waals surface area contributed by atoms with Crippen molar-refractivity contribution in [2.75, 3.05) is 11.5 Å². The van der Waals surface area contributed by atoms with E-state index in [9.17, 15) is 23.1 Å². The van der Waals surface area contributed by atoms with E-state index in [0.717, 1.165) is 23.8 Å². The maximum Gasteiger partial charge on any atom is 0.340 e. The molecule has 1 amide bonds. The molecule has 2 aromatic rings. The van der Waals surface area contributed by atoms with Crippen LogP contribution in [0.25, 0.3) is 11.0 Å². The van der Waals surface area contributed by atoms with Crippen molar-refractivity contribution in [2.45, 2.75) is 57.8 Å². The normalized spacial score (nSPS) is 24.3. The highest BCUT2D eigenvalue weighted by atomic mass is 32.2. The van der Waals surface area contributed by atoms with Gasteiger partial charge in [-0.15, -0.1) is 0 Å². The van der Waals surface area contributed by atoms with Crippen molar-refractivity contribution < 1.29 is 27.5 Å². The lowest BCUT2D eigenvalue weighted by Crippen LogP contribution is -2.43. The first-order valence-corrected chi connectivity index (χ1v) is 11.7. The molecule has 1 aromatic carbocycles. The Kier molecular flexibility index (Phi) is 4.93. The molecule has 9 heteroatoms. The number of hydrogen-bond acceptors (Lipinski definition) is 7. The summed E-state index contributed by atoms with van der Waals surface area (Å²) in [7, 11) is -3.38. The monoisotopic (exact) mass is 435 g/mol. The Hall–Kier alpha value is -2.39. The lowest BCUT2D eigenvalue weighted by atomic mass is 9.92. The number of nitrogens with one attached hydrogen (secondary N) is 1. The van der Waals surface area contributed by atoms with E-state index in [4.69, 9.17) is 9.15 Å². The Bertz CT molecular complexity index is 1200. The summed E-state index contributed by atoms with van der Waals surface area (Å²) >= 11 is 0. The molecule has 0 unspecified atom stereocenters. The third-order valence-electron chi connectivity index (χ3n) is 5.86. The molecule has 2 aliphatic rings. The first kappa shape index (κ1) is 20.9. The molecule has 162 valence electrons. The van der Waals surface area contributed by atoms with Crippen molar-refractivity contribution in [2.24, 2.45) is 0 Å². The van der Waals surface area contributed by atoms with Crippen LogP contribution >= 0.6 is 0 Å². The van der Waals surface area contributed by atoms with E-state index < -0.39 is 33.5 Å². The fourth-order valence-corrected chi connectivity index (χ4v) is 5.87. The fourth-order valence-electron chi connectivity index (χ4n) is 4.13. The van der Waals surface area contributed by atoms with Gasteiger partial charge in [-0.3, -0.25) is 4.79 Å². The van der Waals surface area contributed by atoms with Crippen LogP contribution in [-0.2, 0) is 27.5 Å². The Morgan fingerprint density at radius 3 is 2.70 bits per heavy atom. The zero-order valence-corrected chi connectivity index (χ0v) is 18.0. The summed E-state index contributed by atoms with van der Waals surface area (Å²) in [6.07, 6.45) is 0.293. The van der Waals surface area contributed by atoms with Crippen LogP contribution in [0, 0.1) is 6.92 Å². The molecule has 2 aliphatic heterocycles. The third-order valence-corrected chi connectivity index (χ3v) is 7.57. The summed E-state index contributed by atoms with van der Waals surface area (Å²) in [5.41, 5.74) is 1.37. The lowest BCUT2D eigenvalue weighted by Gasteiger charge is -2.32. The Labute approximate surface area is 174 Å². The van der Waals surface area contributed by atoms with Crippen LogP contribution in [0.5, 0.6) is 5.75 Å². The Morgan fingerprint density at radius 1 is 1.30 bits per heavy atom. The second kappa shape index (κ2) is 7.09. The van der Waals surface area contributed by atoms with Gasteiger partial charge in [0.1, 0.15) is 16.9 Å². The number of carbonyl (C=O) groups excluding carboxylic acids is 1. The van der Waals surface area contributed by atoms with Gasteiger partial charge in [-0.25, -0.2) is 13.2 Å². The van der Waals surface area contributed by atoms with Crippen LogP contribution in [0.15, 0.2) is 21.3 Å². The van der Waals surface area contributed by atoms with Gasteiger partial charge in [-0.05, 0) is 50.8 Å². The molecule has 0 radical (unpaired) electrons. The minimum absolute atomic E-state index is 0.215. The van der Waals surface area contributed by atoms with Crippen molar-refractivity contribution in [3.05, 3.63) is 39.2 Å². The highest BCUT2D eigenvalue weighted by Gasteiger charge is 2.37. The van der Waals surface area contributed by atoms with Crippen LogP contribution in [-0.4, -0.2) is 48.7 Å². The average Bonchev–Trinajstić information content (AvgIpc) is 2.88. The number of sulfone groups is 1. The minimum Gasteiger partial charge on any atom is -0.487 e. The number of fused-ring (bicyclic) bond motifs is 2. The van der Waals surface area contributed by atoms with Crippen LogP contribution < -0.4 is 15.7 Å². The van der Waals surface area contributed by atoms with Crippen molar-refractivity contribution in [3.8, 4) is 5.75 Å². The van der Waals surface area contributed by atoms with Gasteiger partial charge in [0.05, 0.1) is 35.6 Å². The topological polar surface area (TPSA) is 123 Å². The number of carbonyl (C=O) groups is 1. The van der Waals surface area contributed by atoms with Crippen LogP contribution in [0.2, 0.25) is 0 Å². The average molecular weight is 435 g/mol. The number of ether oxygens (including phenoxy) is 1. The van der Waals surface area contributed by atoms with Gasteiger partial charge < -0.3 is 19.6 Å². The molecule has 4 rings (SSSR count). The third kappa shape index (κ3) is 3.96. The zero-order valence-electron chi connectivity index (χ0n) is 17.1. The molecule has 0 aliphatic carbocycles. The second-order valence-corrected chi connectivity index (χ2v) is 11.0. The smallest absolute Gasteiger partial charge is 0.340 e.